The van der Waals surface area contributed by atoms with Crippen molar-refractivity contribution in [3.8, 4) is 5.75 Å². The molecule has 1 heterocycles. The van der Waals surface area contributed by atoms with Crippen molar-refractivity contribution < 1.29 is 9.53 Å². The van der Waals surface area contributed by atoms with E-state index < -0.39 is 0 Å². The minimum absolute atomic E-state index is 0.0187. The highest BCUT2D eigenvalue weighted by Crippen LogP contribution is 2.33. The zero-order chi connectivity index (χ0) is 16.1. The maximum absolute atomic E-state index is 12.0. The number of methoxy groups -OCH3 is 1. The van der Waals surface area contributed by atoms with Crippen molar-refractivity contribution in [1.29, 1.82) is 0 Å². The molecule has 0 unspecified atom stereocenters. The minimum atomic E-state index is 0.0187. The molecule has 0 saturated heterocycles. The first-order valence-corrected chi connectivity index (χ1v) is 8.36. The Bertz CT molecular complexity index is 637. The maximum atomic E-state index is 12.0. The highest BCUT2D eigenvalue weighted by atomic mass is 32.1. The van der Waals surface area contributed by atoms with Crippen molar-refractivity contribution in [3.05, 3.63) is 18.2 Å². The Morgan fingerprint density at radius 1 is 1.27 bits per heavy atom. The summed E-state index contributed by atoms with van der Waals surface area (Å²) in [5, 5.41) is 0.735. The number of hydrogen-bond donors (Lipinski definition) is 0. The Morgan fingerprint density at radius 2 is 2.00 bits per heavy atom. The Labute approximate surface area is 135 Å². The zero-order valence-corrected chi connectivity index (χ0v) is 14.4. The average Bonchev–Trinajstić information content (AvgIpc) is 2.94. The number of hydrogen-bond acceptors (Lipinski definition) is 5. The standard InChI is InChI=1S/C16H23N3O2S/c1-5-18(6-2)10-11-19(12(3)20)16-17-15-13(21-4)8-7-9-14(15)22-16/h7-9H,5-6,10-11H2,1-4H3. The second-order valence-corrected chi connectivity index (χ2v) is 6.01. The third kappa shape index (κ3) is 3.56. The third-order valence-corrected chi connectivity index (χ3v) is 4.78. The van der Waals surface area contributed by atoms with Crippen molar-refractivity contribution in [3.63, 3.8) is 0 Å². The summed E-state index contributed by atoms with van der Waals surface area (Å²) in [5.41, 5.74) is 0.819. The molecule has 0 fully saturated rings. The number of anilines is 1. The van der Waals surface area contributed by atoms with Crippen molar-refractivity contribution in [2.75, 3.05) is 38.2 Å². The number of carbonyl (C=O) groups excluding carboxylic acids is 1. The van der Waals surface area contributed by atoms with E-state index in [4.69, 9.17) is 4.74 Å². The van der Waals surface area contributed by atoms with Gasteiger partial charge in [-0.3, -0.25) is 9.69 Å². The van der Waals surface area contributed by atoms with Crippen LogP contribution in [0.15, 0.2) is 18.2 Å². The molecule has 1 aromatic heterocycles. The molecule has 0 atom stereocenters. The third-order valence-electron chi connectivity index (χ3n) is 3.74. The fourth-order valence-electron chi connectivity index (χ4n) is 2.36. The molecule has 6 heteroatoms. The summed E-state index contributed by atoms with van der Waals surface area (Å²) in [6, 6.07) is 5.83. The number of thiazole rings is 1. The number of benzene rings is 1. The van der Waals surface area contributed by atoms with Crippen LogP contribution in [0.25, 0.3) is 10.2 Å². The van der Waals surface area contributed by atoms with E-state index in [1.54, 1.807) is 18.9 Å². The molecule has 0 saturated carbocycles. The summed E-state index contributed by atoms with van der Waals surface area (Å²) in [7, 11) is 1.64. The monoisotopic (exact) mass is 321 g/mol. The number of nitrogens with zero attached hydrogens (tertiary/aromatic N) is 3. The molecule has 2 aromatic rings. The molecule has 1 amide bonds. The summed E-state index contributed by atoms with van der Waals surface area (Å²) in [5.74, 6) is 0.762. The molecule has 1 aromatic carbocycles. The van der Waals surface area contributed by atoms with Crippen LogP contribution in [-0.4, -0.2) is 49.1 Å². The molecule has 0 N–H and O–H groups in total. The second-order valence-electron chi connectivity index (χ2n) is 5.00. The topological polar surface area (TPSA) is 45.7 Å². The van der Waals surface area contributed by atoms with Gasteiger partial charge in [0.05, 0.1) is 11.8 Å². The van der Waals surface area contributed by atoms with E-state index in [0.29, 0.717) is 6.54 Å². The molecule has 0 spiro atoms. The summed E-state index contributed by atoms with van der Waals surface area (Å²) in [6.45, 7) is 9.31. The number of rotatable bonds is 7. The predicted octanol–water partition coefficient (Wildman–Crippen LogP) is 3.00. The first-order valence-electron chi connectivity index (χ1n) is 7.54. The van der Waals surface area contributed by atoms with E-state index in [2.05, 4.69) is 23.7 Å². The van der Waals surface area contributed by atoms with E-state index in [1.165, 1.54) is 11.3 Å². The largest absolute Gasteiger partial charge is 0.494 e. The number of fused-ring (bicyclic) bond motifs is 1. The van der Waals surface area contributed by atoms with Crippen molar-refractivity contribution >= 4 is 32.6 Å². The molecule has 2 rings (SSSR count). The van der Waals surface area contributed by atoms with Crippen LogP contribution in [0.1, 0.15) is 20.8 Å². The van der Waals surface area contributed by atoms with Gasteiger partial charge < -0.3 is 9.64 Å². The lowest BCUT2D eigenvalue weighted by Gasteiger charge is -2.23. The lowest BCUT2D eigenvalue weighted by Crippen LogP contribution is -2.37. The fourth-order valence-corrected chi connectivity index (χ4v) is 3.41. The van der Waals surface area contributed by atoms with E-state index in [9.17, 15) is 4.79 Å². The molecule has 5 nitrogen and oxygen atoms in total. The van der Waals surface area contributed by atoms with E-state index in [-0.39, 0.29) is 5.91 Å². The number of ether oxygens (including phenoxy) is 1. The van der Waals surface area contributed by atoms with Crippen molar-refractivity contribution in [2.24, 2.45) is 0 Å². The quantitative estimate of drug-likeness (QED) is 0.786. The molecular weight excluding hydrogens is 298 g/mol. The average molecular weight is 321 g/mol. The fraction of sp³-hybridized carbons (Fsp3) is 0.500. The van der Waals surface area contributed by atoms with Crippen molar-refractivity contribution in [2.45, 2.75) is 20.8 Å². The van der Waals surface area contributed by atoms with E-state index >= 15 is 0 Å². The van der Waals surface area contributed by atoms with Gasteiger partial charge in [-0.15, -0.1) is 0 Å². The highest BCUT2D eigenvalue weighted by Gasteiger charge is 2.18. The van der Waals surface area contributed by atoms with Gasteiger partial charge in [-0.25, -0.2) is 4.98 Å². The molecule has 120 valence electrons. The Balaban J connectivity index is 2.27. The normalized spacial score (nSPS) is 11.1. The lowest BCUT2D eigenvalue weighted by molar-refractivity contribution is -0.116. The van der Waals surface area contributed by atoms with Crippen LogP contribution in [0, 0.1) is 0 Å². The van der Waals surface area contributed by atoms with Gasteiger partial charge in [-0.05, 0) is 25.2 Å². The van der Waals surface area contributed by atoms with E-state index in [1.807, 2.05) is 18.2 Å². The first-order chi connectivity index (χ1) is 10.6. The van der Waals surface area contributed by atoms with Gasteiger partial charge in [-0.1, -0.05) is 31.3 Å². The van der Waals surface area contributed by atoms with Gasteiger partial charge >= 0.3 is 0 Å². The molecule has 0 bridgehead atoms. The number of para-hydroxylation sites is 1. The molecule has 0 aliphatic carbocycles. The van der Waals surface area contributed by atoms with Gasteiger partial charge in [0.25, 0.3) is 0 Å². The number of amides is 1. The number of aromatic nitrogens is 1. The van der Waals surface area contributed by atoms with Gasteiger partial charge in [0.15, 0.2) is 5.13 Å². The highest BCUT2D eigenvalue weighted by molar-refractivity contribution is 7.22. The van der Waals surface area contributed by atoms with Gasteiger partial charge in [0.1, 0.15) is 11.3 Å². The lowest BCUT2D eigenvalue weighted by atomic mass is 10.3. The summed E-state index contributed by atoms with van der Waals surface area (Å²) < 4.78 is 6.38. The Hall–Kier alpha value is -1.66. The molecule has 0 radical (unpaired) electrons. The van der Waals surface area contributed by atoms with Crippen LogP contribution in [-0.2, 0) is 4.79 Å². The predicted molar refractivity (Wildman–Crippen MR) is 92.0 cm³/mol. The summed E-state index contributed by atoms with van der Waals surface area (Å²) in [4.78, 5) is 20.7. The molecule has 22 heavy (non-hydrogen) atoms. The van der Waals surface area contributed by atoms with Crippen LogP contribution in [0.2, 0.25) is 0 Å². The summed E-state index contributed by atoms with van der Waals surface area (Å²) >= 11 is 1.53. The zero-order valence-electron chi connectivity index (χ0n) is 13.6. The Kier molecular flexibility index (Phi) is 5.74. The molecule has 0 aliphatic rings. The Morgan fingerprint density at radius 3 is 2.59 bits per heavy atom. The SMILES string of the molecule is CCN(CC)CCN(C(C)=O)c1nc2c(OC)cccc2s1. The van der Waals surface area contributed by atoms with Crippen LogP contribution < -0.4 is 9.64 Å². The number of likely N-dealkylation sites (N-methyl/N-ethyl adjacent to an activating group) is 1. The van der Waals surface area contributed by atoms with Gasteiger partial charge in [0, 0.05) is 20.0 Å². The first kappa shape index (κ1) is 16.7. The summed E-state index contributed by atoms with van der Waals surface area (Å²) in [6.07, 6.45) is 0. The maximum Gasteiger partial charge on any atom is 0.225 e. The molecule has 0 aliphatic heterocycles. The van der Waals surface area contributed by atoms with Crippen LogP contribution in [0.5, 0.6) is 5.75 Å². The van der Waals surface area contributed by atoms with Gasteiger partial charge in [0.2, 0.25) is 5.91 Å². The molecular formula is C16H23N3O2S. The van der Waals surface area contributed by atoms with Crippen LogP contribution >= 0.6 is 11.3 Å². The van der Waals surface area contributed by atoms with Crippen LogP contribution in [0.3, 0.4) is 0 Å². The minimum Gasteiger partial charge on any atom is -0.494 e. The van der Waals surface area contributed by atoms with Crippen molar-refractivity contribution in [1.82, 2.24) is 9.88 Å². The van der Waals surface area contributed by atoms with E-state index in [0.717, 1.165) is 40.7 Å². The van der Waals surface area contributed by atoms with Crippen LogP contribution in [0.4, 0.5) is 5.13 Å². The van der Waals surface area contributed by atoms with Gasteiger partial charge in [-0.2, -0.15) is 0 Å². The smallest absolute Gasteiger partial charge is 0.225 e. The second kappa shape index (κ2) is 7.56. The number of carbonyl (C=O) groups is 1.